The van der Waals surface area contributed by atoms with E-state index in [9.17, 15) is 22.8 Å². The van der Waals surface area contributed by atoms with Gasteiger partial charge in [-0.1, -0.05) is 12.1 Å². The lowest BCUT2D eigenvalue weighted by Crippen LogP contribution is -2.12. The van der Waals surface area contributed by atoms with Gasteiger partial charge in [0.1, 0.15) is 5.69 Å². The molecule has 0 radical (unpaired) electrons. The molecule has 0 unspecified atom stereocenters. The highest BCUT2D eigenvalue weighted by molar-refractivity contribution is 5.86. The third-order valence-corrected chi connectivity index (χ3v) is 3.50. The van der Waals surface area contributed by atoms with Crippen LogP contribution in [0.4, 0.5) is 13.2 Å². The summed E-state index contributed by atoms with van der Waals surface area (Å²) >= 11 is 0. The number of H-pyrrole nitrogens is 1. The zero-order valence-electron chi connectivity index (χ0n) is 12.5. The van der Waals surface area contributed by atoms with Crippen LogP contribution in [0.2, 0.25) is 0 Å². The quantitative estimate of drug-likeness (QED) is 0.758. The van der Waals surface area contributed by atoms with Gasteiger partial charge in [-0.05, 0) is 29.3 Å². The number of benzene rings is 1. The van der Waals surface area contributed by atoms with Crippen molar-refractivity contribution in [1.29, 1.82) is 0 Å². The van der Waals surface area contributed by atoms with Crippen LogP contribution >= 0.6 is 0 Å². The van der Waals surface area contributed by atoms with Crippen LogP contribution in [0.5, 0.6) is 0 Å². The van der Waals surface area contributed by atoms with Crippen molar-refractivity contribution in [1.82, 2.24) is 15.2 Å². The molecule has 2 N–H and O–H groups in total. The minimum Gasteiger partial charge on any atom is -0.481 e. The number of carbonyl (C=O) groups is 1. The summed E-state index contributed by atoms with van der Waals surface area (Å²) in [4.78, 5) is 26.0. The summed E-state index contributed by atoms with van der Waals surface area (Å²) < 4.78 is 39.1. The van der Waals surface area contributed by atoms with Gasteiger partial charge in [0, 0.05) is 5.39 Å². The second-order valence-electron chi connectivity index (χ2n) is 5.30. The van der Waals surface area contributed by atoms with Crippen LogP contribution in [0.25, 0.3) is 21.9 Å². The Hall–Kier alpha value is -3.23. The molecule has 0 aliphatic heterocycles. The van der Waals surface area contributed by atoms with Crippen molar-refractivity contribution >= 4 is 16.7 Å². The average molecular weight is 349 g/mol. The molecule has 9 heteroatoms. The molecular formula is C16H10F3N3O3. The standard InChI is InChI=1S/C16H10F3N3O3/c17-16(18,19)13-5-10(3-11(21-13)6-14(23)24)8-1-2-9-7-20-22-15(25)12(9)4-8/h1-5,7H,6H2,(H,22,25)(H,23,24). The van der Waals surface area contributed by atoms with Crippen molar-refractivity contribution in [2.24, 2.45) is 0 Å². The van der Waals surface area contributed by atoms with E-state index in [2.05, 4.69) is 15.2 Å². The Morgan fingerprint density at radius 2 is 1.92 bits per heavy atom. The summed E-state index contributed by atoms with van der Waals surface area (Å²) in [7, 11) is 0. The Morgan fingerprint density at radius 1 is 1.16 bits per heavy atom. The predicted molar refractivity (Wildman–Crippen MR) is 81.9 cm³/mol. The van der Waals surface area contributed by atoms with E-state index in [1.165, 1.54) is 24.4 Å². The zero-order valence-corrected chi connectivity index (χ0v) is 12.5. The van der Waals surface area contributed by atoms with Gasteiger partial charge in [0.25, 0.3) is 5.56 Å². The van der Waals surface area contributed by atoms with Gasteiger partial charge in [-0.25, -0.2) is 10.1 Å². The normalized spacial score (nSPS) is 11.6. The van der Waals surface area contributed by atoms with Crippen molar-refractivity contribution in [3.8, 4) is 11.1 Å². The molecule has 0 spiro atoms. The number of alkyl halides is 3. The summed E-state index contributed by atoms with van der Waals surface area (Å²) in [6, 6.07) is 6.60. The van der Waals surface area contributed by atoms with Crippen molar-refractivity contribution in [3.63, 3.8) is 0 Å². The van der Waals surface area contributed by atoms with E-state index < -0.39 is 29.8 Å². The van der Waals surface area contributed by atoms with Crippen LogP contribution in [0.15, 0.2) is 41.3 Å². The highest BCUT2D eigenvalue weighted by atomic mass is 19.4. The lowest BCUT2D eigenvalue weighted by molar-refractivity contribution is -0.142. The number of nitrogens with one attached hydrogen (secondary N) is 1. The van der Waals surface area contributed by atoms with Gasteiger partial charge in [0.2, 0.25) is 0 Å². The Morgan fingerprint density at radius 3 is 2.60 bits per heavy atom. The summed E-state index contributed by atoms with van der Waals surface area (Å²) in [6.07, 6.45) is -3.94. The van der Waals surface area contributed by atoms with Crippen molar-refractivity contribution in [3.05, 3.63) is 58.3 Å². The van der Waals surface area contributed by atoms with Crippen molar-refractivity contribution in [2.45, 2.75) is 12.6 Å². The summed E-state index contributed by atoms with van der Waals surface area (Å²) in [6.45, 7) is 0. The Kier molecular flexibility index (Phi) is 3.99. The molecule has 0 bridgehead atoms. The van der Waals surface area contributed by atoms with Crippen molar-refractivity contribution < 1.29 is 23.1 Å². The number of hydrogen-bond donors (Lipinski definition) is 2. The molecule has 0 saturated carbocycles. The van der Waals surface area contributed by atoms with Gasteiger partial charge in [0.05, 0.1) is 23.7 Å². The maximum atomic E-state index is 13.0. The fourth-order valence-electron chi connectivity index (χ4n) is 2.41. The number of aliphatic carboxylic acids is 1. The molecule has 6 nitrogen and oxygen atoms in total. The van der Waals surface area contributed by atoms with Gasteiger partial charge < -0.3 is 5.11 Å². The van der Waals surface area contributed by atoms with Gasteiger partial charge in [-0.15, -0.1) is 0 Å². The summed E-state index contributed by atoms with van der Waals surface area (Å²) in [5, 5.41) is 15.5. The van der Waals surface area contributed by atoms with Gasteiger partial charge in [0.15, 0.2) is 0 Å². The number of aromatic amines is 1. The minimum absolute atomic E-state index is 0.122. The fraction of sp³-hybridized carbons (Fsp3) is 0.125. The van der Waals surface area contributed by atoms with E-state index in [1.54, 1.807) is 6.07 Å². The fourth-order valence-corrected chi connectivity index (χ4v) is 2.41. The zero-order chi connectivity index (χ0) is 18.2. The monoisotopic (exact) mass is 349 g/mol. The first-order valence-corrected chi connectivity index (χ1v) is 7.02. The molecule has 1 aromatic carbocycles. The summed E-state index contributed by atoms with van der Waals surface area (Å²) in [5.41, 5.74) is -1.43. The second kappa shape index (κ2) is 6.00. The number of aromatic nitrogens is 3. The molecule has 0 saturated heterocycles. The molecule has 2 aromatic heterocycles. The van der Waals surface area contributed by atoms with E-state index in [4.69, 9.17) is 5.11 Å². The lowest BCUT2D eigenvalue weighted by atomic mass is 10.0. The van der Waals surface area contributed by atoms with E-state index in [1.807, 2.05) is 0 Å². The van der Waals surface area contributed by atoms with E-state index in [0.29, 0.717) is 10.9 Å². The first-order chi connectivity index (χ1) is 11.7. The van der Waals surface area contributed by atoms with Crippen LogP contribution in [0, 0.1) is 0 Å². The molecule has 0 atom stereocenters. The number of pyridine rings is 1. The number of carboxylic acid groups (broad SMARTS) is 1. The predicted octanol–water partition coefficient (Wildman–Crippen LogP) is 2.63. The molecule has 0 aliphatic rings. The molecular weight excluding hydrogens is 339 g/mol. The molecule has 0 amide bonds. The number of halogens is 3. The minimum atomic E-state index is -4.72. The molecule has 2 heterocycles. The van der Waals surface area contributed by atoms with Crippen LogP contribution in [0.3, 0.4) is 0 Å². The van der Waals surface area contributed by atoms with Crippen LogP contribution in [-0.4, -0.2) is 26.3 Å². The maximum Gasteiger partial charge on any atom is 0.433 e. The van der Waals surface area contributed by atoms with Gasteiger partial charge in [-0.3, -0.25) is 9.59 Å². The number of carboxylic acids is 1. The highest BCUT2D eigenvalue weighted by Crippen LogP contribution is 2.32. The van der Waals surface area contributed by atoms with Crippen LogP contribution in [-0.2, 0) is 17.4 Å². The molecule has 3 aromatic rings. The first-order valence-electron chi connectivity index (χ1n) is 7.02. The number of nitrogens with zero attached hydrogens (tertiary/aromatic N) is 2. The van der Waals surface area contributed by atoms with Crippen molar-refractivity contribution in [2.75, 3.05) is 0 Å². The highest BCUT2D eigenvalue weighted by Gasteiger charge is 2.33. The van der Waals surface area contributed by atoms with Gasteiger partial charge >= 0.3 is 12.1 Å². The largest absolute Gasteiger partial charge is 0.481 e. The molecule has 0 aliphatic carbocycles. The average Bonchev–Trinajstić information content (AvgIpc) is 2.53. The lowest BCUT2D eigenvalue weighted by Gasteiger charge is -2.11. The Bertz CT molecular complexity index is 1030. The van der Waals surface area contributed by atoms with Crippen LogP contribution in [0.1, 0.15) is 11.4 Å². The molecule has 3 rings (SSSR count). The Labute approximate surface area is 138 Å². The smallest absolute Gasteiger partial charge is 0.433 e. The number of rotatable bonds is 3. The second-order valence-corrected chi connectivity index (χ2v) is 5.30. The van der Waals surface area contributed by atoms with E-state index in [0.717, 1.165) is 6.07 Å². The third kappa shape index (κ3) is 3.49. The SMILES string of the molecule is O=C(O)Cc1cc(-c2ccc3cn[nH]c(=O)c3c2)cc(C(F)(F)F)n1. The van der Waals surface area contributed by atoms with Crippen LogP contribution < -0.4 is 5.56 Å². The van der Waals surface area contributed by atoms with E-state index in [-0.39, 0.29) is 16.6 Å². The topological polar surface area (TPSA) is 95.9 Å². The van der Waals surface area contributed by atoms with Gasteiger partial charge in [-0.2, -0.15) is 18.3 Å². The first kappa shape index (κ1) is 16.6. The molecule has 25 heavy (non-hydrogen) atoms. The molecule has 0 fully saturated rings. The Balaban J connectivity index is 2.20. The number of fused-ring (bicyclic) bond motifs is 1. The maximum absolute atomic E-state index is 13.0. The molecule has 128 valence electrons. The summed E-state index contributed by atoms with van der Waals surface area (Å²) in [5.74, 6) is -1.29. The van der Waals surface area contributed by atoms with E-state index >= 15 is 0 Å². The number of hydrogen-bond acceptors (Lipinski definition) is 4. The third-order valence-electron chi connectivity index (χ3n) is 3.50.